The number of nitrogen functional groups attached to an aromatic ring is 1. The predicted molar refractivity (Wildman–Crippen MR) is 264 cm³/mol. The van der Waals surface area contributed by atoms with Crippen LogP contribution in [0.5, 0.6) is 0 Å². The first-order valence-electron chi connectivity index (χ1n) is 19.8. The van der Waals surface area contributed by atoms with E-state index in [0.29, 0.717) is 16.5 Å². The molecule has 0 spiro atoms. The number of rotatable bonds is 25. The average Bonchev–Trinajstić information content (AvgIpc) is 3.25. The van der Waals surface area contributed by atoms with Crippen LogP contribution >= 0.6 is 23.5 Å². The Morgan fingerprint density at radius 2 is 1.18 bits per heavy atom. The van der Waals surface area contributed by atoms with Crippen LogP contribution in [0.15, 0.2) is 107 Å². The van der Waals surface area contributed by atoms with Crippen molar-refractivity contribution in [1.29, 1.82) is 0 Å². The number of azo groups is 2. The summed E-state index contributed by atoms with van der Waals surface area (Å²) < 4.78 is 164. The minimum Gasteiger partial charge on any atom is -0.398 e. The molecule has 29 nitrogen and oxygen atoms in total. The van der Waals surface area contributed by atoms with Crippen LogP contribution in [0.3, 0.4) is 0 Å². The summed E-state index contributed by atoms with van der Waals surface area (Å²) in [5.74, 6) is -2.59. The van der Waals surface area contributed by atoms with E-state index < -0.39 is 100 Å². The lowest BCUT2D eigenvalue weighted by atomic mass is 10.2. The quantitative estimate of drug-likeness (QED) is 0.00571. The van der Waals surface area contributed by atoms with Crippen molar-refractivity contribution in [2.45, 2.75) is 39.3 Å². The number of thioether (sulfide) groups is 2. The molecule has 0 aliphatic heterocycles. The molecule has 0 unspecified atom stereocenters. The number of hydrogen-bond donors (Lipinski definition) is 9. The Morgan fingerprint density at radius 1 is 0.625 bits per heavy atom. The van der Waals surface area contributed by atoms with Crippen molar-refractivity contribution in [1.82, 2.24) is 15.0 Å². The van der Waals surface area contributed by atoms with Gasteiger partial charge in [-0.1, -0.05) is 6.07 Å². The number of hydrogen-bond acceptors (Lipinski definition) is 25. The summed E-state index contributed by atoms with van der Waals surface area (Å²) in [7, 11) is -22.8. The van der Waals surface area contributed by atoms with E-state index >= 15 is 0 Å². The number of aryl methyl sites for hydroxylation is 1. The molecule has 5 rings (SSSR count). The van der Waals surface area contributed by atoms with Gasteiger partial charge in [0.1, 0.15) is 16.3 Å². The maximum atomic E-state index is 12.1. The van der Waals surface area contributed by atoms with Crippen LogP contribution in [-0.4, -0.2) is 120 Å². The minimum absolute atomic E-state index is 0.00204. The second kappa shape index (κ2) is 23.7. The number of anilines is 6. The van der Waals surface area contributed by atoms with E-state index in [9.17, 15) is 75.0 Å². The third-order valence-corrected chi connectivity index (χ3v) is 15.2. The average molecular weight is 1140 g/mol. The number of benzene rings is 4. The van der Waals surface area contributed by atoms with Gasteiger partial charge in [0.05, 0.1) is 44.1 Å². The van der Waals surface area contributed by atoms with E-state index in [4.69, 9.17) is 5.73 Å². The molecule has 0 radical (unpaired) electrons. The van der Waals surface area contributed by atoms with Gasteiger partial charge in [0, 0.05) is 39.8 Å². The van der Waals surface area contributed by atoms with Gasteiger partial charge in [-0.2, -0.15) is 62.2 Å². The molecule has 0 bridgehead atoms. The Morgan fingerprint density at radius 3 is 1.78 bits per heavy atom. The molecule has 1 aromatic heterocycles. The summed E-state index contributed by atoms with van der Waals surface area (Å²) >= 11 is 2.11. The van der Waals surface area contributed by atoms with Crippen LogP contribution in [0.25, 0.3) is 0 Å². The summed E-state index contributed by atoms with van der Waals surface area (Å²) in [5.41, 5.74) is 6.03. The molecule has 0 aliphatic rings. The number of nitrogens with zero attached hydrogens (tertiary/aromatic N) is 8. The lowest BCUT2D eigenvalue weighted by Gasteiger charge is -2.14. The van der Waals surface area contributed by atoms with Crippen molar-refractivity contribution < 1.29 is 69.8 Å². The molecular weight excluding hydrogens is 1100 g/mol. The molecule has 0 fully saturated rings. The molecule has 0 atom stereocenters. The van der Waals surface area contributed by atoms with Crippen molar-refractivity contribution >= 4 is 137 Å². The van der Waals surface area contributed by atoms with Gasteiger partial charge in [-0.05, 0) is 85.4 Å². The monoisotopic (exact) mass is 1140 g/mol. The van der Waals surface area contributed by atoms with Gasteiger partial charge in [-0.15, -0.1) is 38.9 Å². The van der Waals surface area contributed by atoms with Crippen LogP contribution in [0.1, 0.15) is 18.4 Å². The summed E-state index contributed by atoms with van der Waals surface area (Å²) in [6.07, 6.45) is -0.0553. The van der Waals surface area contributed by atoms with Gasteiger partial charge in [0.15, 0.2) is 0 Å². The fourth-order valence-electron chi connectivity index (χ4n) is 5.67. The van der Waals surface area contributed by atoms with Crippen molar-refractivity contribution in [2.24, 2.45) is 20.5 Å². The highest BCUT2D eigenvalue weighted by molar-refractivity contribution is 7.99. The van der Waals surface area contributed by atoms with Crippen LogP contribution in [-0.2, 0) is 50.6 Å². The number of nitro benzene ring substituents is 1. The van der Waals surface area contributed by atoms with Gasteiger partial charge in [-0.3, -0.25) is 32.9 Å². The second-order valence-electron chi connectivity index (χ2n) is 14.5. The molecule has 4 aromatic carbocycles. The Kier molecular flexibility index (Phi) is 18.7. The SMILES string of the molecule is Cc1cc(N=Nc2cc(SCCCS(=O)(=O)O)c(N)cc2Nc2nc(NCCS(=O)(=O)O)nc(Nc3cccc(S(=O)(=O)O)c3)n2)c(SCCCS(=O)(=O)O)cc1N=Nc1ccc([N+](=O)[O-])cc1S(=O)(=O)O. The minimum atomic E-state index is -5.03. The largest absolute Gasteiger partial charge is 0.398 e. The first-order chi connectivity index (χ1) is 33.4. The van der Waals surface area contributed by atoms with Gasteiger partial charge in [0.2, 0.25) is 17.8 Å². The maximum absolute atomic E-state index is 12.1. The first kappa shape index (κ1) is 56.8. The van der Waals surface area contributed by atoms with Crippen molar-refractivity contribution in [2.75, 3.05) is 57.0 Å². The zero-order valence-electron chi connectivity index (χ0n) is 36.7. The Labute approximate surface area is 419 Å². The summed E-state index contributed by atoms with van der Waals surface area (Å²) in [6, 6.07) is 13.0. The molecule has 0 amide bonds. The Balaban J connectivity index is 1.61. The molecule has 36 heteroatoms. The highest BCUT2D eigenvalue weighted by Gasteiger charge is 2.22. The molecule has 5 aromatic rings. The fourth-order valence-corrected chi connectivity index (χ4v) is 10.5. The van der Waals surface area contributed by atoms with Crippen molar-refractivity contribution in [3.8, 4) is 0 Å². The Hall–Kier alpha value is -6.06. The smallest absolute Gasteiger partial charge is 0.297 e. The van der Waals surface area contributed by atoms with Crippen molar-refractivity contribution in [3.63, 3.8) is 0 Å². The zero-order valence-corrected chi connectivity index (χ0v) is 42.4. The van der Waals surface area contributed by atoms with E-state index in [1.807, 2.05) is 0 Å². The maximum Gasteiger partial charge on any atom is 0.297 e. The topological polar surface area (TPSA) is 465 Å². The Bertz CT molecular complexity index is 3520. The number of nitrogens with one attached hydrogen (secondary N) is 3. The van der Waals surface area contributed by atoms with Gasteiger partial charge >= 0.3 is 0 Å². The van der Waals surface area contributed by atoms with Crippen molar-refractivity contribution in [3.05, 3.63) is 82.4 Å². The molecule has 0 saturated carbocycles. The van der Waals surface area contributed by atoms with E-state index in [0.717, 1.165) is 47.8 Å². The third-order valence-electron chi connectivity index (χ3n) is 8.89. The lowest BCUT2D eigenvalue weighted by molar-refractivity contribution is -0.385. The van der Waals surface area contributed by atoms with Gasteiger partial charge in [0.25, 0.3) is 56.3 Å². The molecular formula is C36H40N12O17S7. The van der Waals surface area contributed by atoms with E-state index in [1.54, 1.807) is 6.92 Å². The molecule has 1 heterocycles. The number of non-ortho nitro benzene ring substituents is 1. The van der Waals surface area contributed by atoms with Crippen LogP contribution in [0.2, 0.25) is 0 Å². The summed E-state index contributed by atoms with van der Waals surface area (Å²) in [4.78, 5) is 22.3. The van der Waals surface area contributed by atoms with Gasteiger partial charge in [-0.25, -0.2) is 0 Å². The van der Waals surface area contributed by atoms with E-state index in [-0.39, 0.29) is 81.2 Å². The normalized spacial score (nSPS) is 12.6. The summed E-state index contributed by atoms with van der Waals surface area (Å²) in [6.45, 7) is 1.14. The number of nitro groups is 1. The molecule has 72 heavy (non-hydrogen) atoms. The lowest BCUT2D eigenvalue weighted by Crippen LogP contribution is -2.17. The number of nitrogens with two attached hydrogens (primary N) is 1. The van der Waals surface area contributed by atoms with Crippen LogP contribution < -0.4 is 21.7 Å². The highest BCUT2D eigenvalue weighted by atomic mass is 32.2. The van der Waals surface area contributed by atoms with Crippen LogP contribution in [0.4, 0.5) is 63.3 Å². The first-order valence-corrected chi connectivity index (χ1v) is 29.5. The number of aromatic nitrogens is 3. The van der Waals surface area contributed by atoms with E-state index in [1.165, 1.54) is 36.4 Å². The van der Waals surface area contributed by atoms with E-state index in [2.05, 4.69) is 51.4 Å². The molecule has 0 aliphatic carbocycles. The predicted octanol–water partition coefficient (Wildman–Crippen LogP) is 6.52. The molecule has 10 N–H and O–H groups in total. The summed E-state index contributed by atoms with van der Waals surface area (Å²) in [5, 5.41) is 36.5. The van der Waals surface area contributed by atoms with Crippen LogP contribution in [0, 0.1) is 17.0 Å². The molecule has 0 saturated heterocycles. The second-order valence-corrected chi connectivity index (χ2v) is 24.3. The van der Waals surface area contributed by atoms with Gasteiger partial charge < -0.3 is 21.7 Å². The zero-order chi connectivity index (χ0) is 53.2. The standard InChI is InChI=1S/C36H40N12O17S7/c1-21-15-30(32(67-11-4-13-69(54,55)56)19-27(21)45-44-26-8-7-23(48(49)50)17-33(26)72(63,64)65)47-46-29-20-31(66-10-3-12-68(51,52)53)25(37)18-28(29)40-36-42-34(38-9-14-70(57,58)59)41-35(43-36)39-22-5-2-6-24(16-22)71(60,61)62/h2,5-8,15-20H,3-4,9-14,37H2,1H3,(H,51,52,53)(H,54,55,56)(H,57,58,59)(H,60,61,62)(H,63,64,65)(H3,38,39,40,41,42,43). The third kappa shape index (κ3) is 18.2. The fraction of sp³-hybridized carbons (Fsp3) is 0.250. The highest BCUT2D eigenvalue weighted by Crippen LogP contribution is 2.42. The molecule has 388 valence electrons.